The van der Waals surface area contributed by atoms with Gasteiger partial charge >= 0.3 is 0 Å². The molecule has 2 aromatic carbocycles. The van der Waals surface area contributed by atoms with Gasteiger partial charge in [-0.1, -0.05) is 50.2 Å². The minimum atomic E-state index is -0.300. The minimum absolute atomic E-state index is 0.300. The zero-order valence-electron chi connectivity index (χ0n) is 15.6. The quantitative estimate of drug-likeness (QED) is 0.723. The van der Waals surface area contributed by atoms with Gasteiger partial charge in [0.2, 0.25) is 0 Å². The summed E-state index contributed by atoms with van der Waals surface area (Å²) in [6.07, 6.45) is 5.92. The van der Waals surface area contributed by atoms with E-state index < -0.39 is 0 Å². The number of aromatic nitrogens is 1. The molecule has 0 amide bonds. The number of pyridine rings is 1. The van der Waals surface area contributed by atoms with Crippen LogP contribution < -0.4 is 9.80 Å². The normalized spacial score (nSPS) is 14.0. The number of nitrogens with zero attached hydrogens (tertiary/aromatic N) is 3. The van der Waals surface area contributed by atoms with E-state index in [1.165, 1.54) is 0 Å². The summed E-state index contributed by atoms with van der Waals surface area (Å²) in [7, 11) is 0. The Morgan fingerprint density at radius 1 is 0.889 bits per heavy atom. The molecular formula is C23H23N3O. The molecule has 4 rings (SSSR count). The van der Waals surface area contributed by atoms with Crippen LogP contribution in [0.3, 0.4) is 0 Å². The SMILES string of the molecule is CC(C)(c1cccc(N2C=CN(c3ccccn3)C2)c1)c1ccccc1O. The molecule has 0 aliphatic carbocycles. The lowest BCUT2D eigenvalue weighted by Gasteiger charge is -2.28. The van der Waals surface area contributed by atoms with Crippen molar-refractivity contribution in [3.05, 3.63) is 96.5 Å². The molecule has 1 aliphatic rings. The molecule has 0 unspecified atom stereocenters. The standard InChI is InChI=1S/C23H23N3O/c1-23(2,20-10-3-4-11-21(20)27)18-8-7-9-19(16-18)25-14-15-26(17-25)22-12-5-6-13-24-22/h3-16,27H,17H2,1-2H3. The van der Waals surface area contributed by atoms with E-state index in [0.29, 0.717) is 5.75 Å². The number of benzene rings is 2. The van der Waals surface area contributed by atoms with E-state index in [-0.39, 0.29) is 5.41 Å². The van der Waals surface area contributed by atoms with Crippen LogP contribution in [-0.4, -0.2) is 16.8 Å². The second-order valence-electron chi connectivity index (χ2n) is 7.26. The summed E-state index contributed by atoms with van der Waals surface area (Å²) in [5.41, 5.74) is 2.90. The highest BCUT2D eigenvalue weighted by atomic mass is 16.3. The molecule has 1 aromatic heterocycles. The summed E-state index contributed by atoms with van der Waals surface area (Å²) in [5, 5.41) is 10.3. The highest BCUT2D eigenvalue weighted by Crippen LogP contribution is 2.38. The maximum absolute atomic E-state index is 10.3. The number of phenolic OH excluding ortho intramolecular Hbond substituents is 1. The van der Waals surface area contributed by atoms with E-state index in [4.69, 9.17) is 0 Å². The van der Waals surface area contributed by atoms with Gasteiger partial charge in [-0.2, -0.15) is 0 Å². The van der Waals surface area contributed by atoms with Gasteiger partial charge in [-0.15, -0.1) is 0 Å². The number of hydrogen-bond donors (Lipinski definition) is 1. The number of anilines is 2. The molecule has 0 bridgehead atoms. The van der Waals surface area contributed by atoms with Crippen molar-refractivity contribution in [2.45, 2.75) is 19.3 Å². The number of rotatable bonds is 4. The van der Waals surface area contributed by atoms with E-state index in [1.54, 1.807) is 12.3 Å². The number of phenols is 1. The lowest BCUT2D eigenvalue weighted by atomic mass is 9.77. The first-order valence-electron chi connectivity index (χ1n) is 9.07. The van der Waals surface area contributed by atoms with Crippen LogP contribution in [0.15, 0.2) is 85.3 Å². The molecule has 0 radical (unpaired) electrons. The Morgan fingerprint density at radius 2 is 1.67 bits per heavy atom. The Bertz CT molecular complexity index is 966. The molecule has 4 nitrogen and oxygen atoms in total. The van der Waals surface area contributed by atoms with Gasteiger partial charge < -0.3 is 14.9 Å². The first-order chi connectivity index (χ1) is 13.1. The molecule has 136 valence electrons. The van der Waals surface area contributed by atoms with Crippen LogP contribution in [0.25, 0.3) is 0 Å². The molecule has 2 heterocycles. The molecule has 3 aromatic rings. The van der Waals surface area contributed by atoms with Crippen LogP contribution >= 0.6 is 0 Å². The molecule has 0 saturated carbocycles. The lowest BCUT2D eigenvalue weighted by Crippen LogP contribution is -2.26. The largest absolute Gasteiger partial charge is 0.508 e. The summed E-state index contributed by atoms with van der Waals surface area (Å²) in [5.74, 6) is 1.26. The Labute approximate surface area is 160 Å². The third-order valence-corrected chi connectivity index (χ3v) is 5.15. The first kappa shape index (κ1) is 17.2. The topological polar surface area (TPSA) is 39.6 Å². The highest BCUT2D eigenvalue weighted by molar-refractivity contribution is 5.59. The third-order valence-electron chi connectivity index (χ3n) is 5.15. The third kappa shape index (κ3) is 3.26. The molecule has 0 spiro atoms. The molecule has 0 atom stereocenters. The van der Waals surface area contributed by atoms with Gasteiger partial charge in [0.1, 0.15) is 18.2 Å². The summed E-state index contributed by atoms with van der Waals surface area (Å²) in [6, 6.07) is 22.0. The average molecular weight is 357 g/mol. The second kappa shape index (κ2) is 6.80. The van der Waals surface area contributed by atoms with Gasteiger partial charge in [0, 0.05) is 35.3 Å². The fraction of sp³-hybridized carbons (Fsp3) is 0.174. The monoisotopic (exact) mass is 357 g/mol. The second-order valence-corrected chi connectivity index (χ2v) is 7.26. The number of hydrogen-bond acceptors (Lipinski definition) is 4. The van der Waals surface area contributed by atoms with Gasteiger partial charge in [-0.05, 0) is 35.9 Å². The fourth-order valence-corrected chi connectivity index (χ4v) is 3.49. The Morgan fingerprint density at radius 3 is 2.44 bits per heavy atom. The summed E-state index contributed by atoms with van der Waals surface area (Å²) in [4.78, 5) is 8.72. The zero-order chi connectivity index (χ0) is 18.9. The van der Waals surface area contributed by atoms with E-state index in [0.717, 1.165) is 29.3 Å². The van der Waals surface area contributed by atoms with Crippen LogP contribution in [0.4, 0.5) is 11.5 Å². The van der Waals surface area contributed by atoms with E-state index in [9.17, 15) is 5.11 Å². The van der Waals surface area contributed by atoms with E-state index in [2.05, 4.69) is 59.1 Å². The van der Waals surface area contributed by atoms with E-state index in [1.807, 2.05) is 42.6 Å². The van der Waals surface area contributed by atoms with Crippen molar-refractivity contribution in [2.75, 3.05) is 16.5 Å². The maximum atomic E-state index is 10.3. The fourth-order valence-electron chi connectivity index (χ4n) is 3.49. The van der Waals surface area contributed by atoms with Crippen LogP contribution in [0.5, 0.6) is 5.75 Å². The zero-order valence-corrected chi connectivity index (χ0v) is 15.6. The molecular weight excluding hydrogens is 334 g/mol. The smallest absolute Gasteiger partial charge is 0.133 e. The summed E-state index contributed by atoms with van der Waals surface area (Å²) in [6.45, 7) is 5.00. The van der Waals surface area contributed by atoms with Gasteiger partial charge in [0.05, 0.1) is 0 Å². The predicted octanol–water partition coefficient (Wildman–Crippen LogP) is 4.87. The molecule has 0 saturated heterocycles. The molecule has 27 heavy (non-hydrogen) atoms. The molecule has 1 aliphatic heterocycles. The van der Waals surface area contributed by atoms with Crippen LogP contribution in [-0.2, 0) is 5.41 Å². The number of para-hydroxylation sites is 1. The average Bonchev–Trinajstić information content (AvgIpc) is 3.19. The number of aromatic hydroxyl groups is 1. The van der Waals surface area contributed by atoms with Gasteiger partial charge in [0.15, 0.2) is 0 Å². The van der Waals surface area contributed by atoms with Gasteiger partial charge in [-0.3, -0.25) is 0 Å². The summed E-state index contributed by atoms with van der Waals surface area (Å²) < 4.78 is 0. The van der Waals surface area contributed by atoms with Crippen molar-refractivity contribution in [3.8, 4) is 5.75 Å². The predicted molar refractivity (Wildman–Crippen MR) is 110 cm³/mol. The molecule has 0 fully saturated rings. The lowest BCUT2D eigenvalue weighted by molar-refractivity contribution is 0.453. The minimum Gasteiger partial charge on any atom is -0.508 e. The van der Waals surface area contributed by atoms with E-state index >= 15 is 0 Å². The van der Waals surface area contributed by atoms with Gasteiger partial charge in [-0.25, -0.2) is 4.98 Å². The van der Waals surface area contributed by atoms with Crippen molar-refractivity contribution >= 4 is 11.5 Å². The van der Waals surface area contributed by atoms with Crippen molar-refractivity contribution in [3.63, 3.8) is 0 Å². The highest BCUT2D eigenvalue weighted by Gasteiger charge is 2.27. The van der Waals surface area contributed by atoms with Crippen molar-refractivity contribution < 1.29 is 5.11 Å². The van der Waals surface area contributed by atoms with Crippen molar-refractivity contribution in [1.29, 1.82) is 0 Å². The van der Waals surface area contributed by atoms with Crippen molar-refractivity contribution in [2.24, 2.45) is 0 Å². The van der Waals surface area contributed by atoms with Crippen LogP contribution in [0, 0.1) is 0 Å². The first-order valence-corrected chi connectivity index (χ1v) is 9.07. The maximum Gasteiger partial charge on any atom is 0.133 e. The Kier molecular flexibility index (Phi) is 4.32. The van der Waals surface area contributed by atoms with Crippen LogP contribution in [0.1, 0.15) is 25.0 Å². The molecule has 4 heteroatoms. The van der Waals surface area contributed by atoms with Crippen molar-refractivity contribution in [1.82, 2.24) is 4.98 Å². The Balaban J connectivity index is 1.60. The van der Waals surface area contributed by atoms with Crippen LogP contribution in [0.2, 0.25) is 0 Å². The Hall–Kier alpha value is -3.27. The summed E-state index contributed by atoms with van der Waals surface area (Å²) >= 11 is 0. The molecule has 1 N–H and O–H groups in total. The van der Waals surface area contributed by atoms with Gasteiger partial charge in [0.25, 0.3) is 0 Å².